The number of halogens is 3. The van der Waals surface area contributed by atoms with Crippen LogP contribution in [0.2, 0.25) is 15.2 Å². The molecule has 0 spiro atoms. The number of rotatable bonds is 8. The SMILES string of the molecule is Cc1nn(Cc2ccccc2)c(Cl)c1COC(Cn1ccnc1)c1ccc(Cl)cc1Cl. The van der Waals surface area contributed by atoms with Crippen molar-refractivity contribution in [2.24, 2.45) is 0 Å². The highest BCUT2D eigenvalue weighted by atomic mass is 35.5. The lowest BCUT2D eigenvalue weighted by Crippen LogP contribution is -2.13. The molecule has 8 heteroatoms. The normalized spacial score (nSPS) is 12.3. The third-order valence-corrected chi connectivity index (χ3v) is 6.02. The highest BCUT2D eigenvalue weighted by molar-refractivity contribution is 6.35. The summed E-state index contributed by atoms with van der Waals surface area (Å²) in [5, 5.41) is 6.32. The van der Waals surface area contributed by atoms with Gasteiger partial charge < -0.3 is 9.30 Å². The van der Waals surface area contributed by atoms with Crippen LogP contribution in [-0.4, -0.2) is 19.3 Å². The van der Waals surface area contributed by atoms with Crippen molar-refractivity contribution in [3.8, 4) is 0 Å². The van der Waals surface area contributed by atoms with E-state index in [2.05, 4.69) is 10.1 Å². The Morgan fingerprint density at radius 2 is 1.87 bits per heavy atom. The summed E-state index contributed by atoms with van der Waals surface area (Å²) in [7, 11) is 0. The van der Waals surface area contributed by atoms with E-state index >= 15 is 0 Å². The van der Waals surface area contributed by atoms with Crippen LogP contribution in [-0.2, 0) is 24.4 Å². The second-order valence-electron chi connectivity index (χ2n) is 7.22. The Morgan fingerprint density at radius 1 is 1.06 bits per heavy atom. The van der Waals surface area contributed by atoms with Crippen molar-refractivity contribution in [1.29, 1.82) is 0 Å². The van der Waals surface area contributed by atoms with E-state index < -0.39 is 0 Å². The number of ether oxygens (including phenoxy) is 1. The zero-order valence-electron chi connectivity index (χ0n) is 16.9. The largest absolute Gasteiger partial charge is 0.367 e. The van der Waals surface area contributed by atoms with E-state index in [-0.39, 0.29) is 6.10 Å². The van der Waals surface area contributed by atoms with Gasteiger partial charge in [-0.05, 0) is 24.6 Å². The molecular weight excluding hydrogens is 455 g/mol. The summed E-state index contributed by atoms with van der Waals surface area (Å²) in [4.78, 5) is 4.11. The van der Waals surface area contributed by atoms with E-state index in [0.717, 1.165) is 22.4 Å². The number of aryl methyl sites for hydroxylation is 1. The lowest BCUT2D eigenvalue weighted by molar-refractivity contribution is 0.0278. The van der Waals surface area contributed by atoms with E-state index in [1.807, 2.05) is 60.2 Å². The summed E-state index contributed by atoms with van der Waals surface area (Å²) in [5.41, 5.74) is 3.68. The van der Waals surface area contributed by atoms with Gasteiger partial charge in [-0.2, -0.15) is 5.10 Å². The molecule has 0 aliphatic rings. The topological polar surface area (TPSA) is 44.9 Å². The summed E-state index contributed by atoms with van der Waals surface area (Å²) in [5.74, 6) is 0. The van der Waals surface area contributed by atoms with Gasteiger partial charge in [0.25, 0.3) is 0 Å². The molecular formula is C23H21Cl3N4O. The lowest BCUT2D eigenvalue weighted by atomic mass is 10.1. The first-order valence-electron chi connectivity index (χ1n) is 9.79. The van der Waals surface area contributed by atoms with Crippen molar-refractivity contribution < 1.29 is 4.74 Å². The second kappa shape index (κ2) is 9.88. The van der Waals surface area contributed by atoms with Crippen molar-refractivity contribution in [3.63, 3.8) is 0 Å². The zero-order valence-corrected chi connectivity index (χ0v) is 19.1. The van der Waals surface area contributed by atoms with Crippen LogP contribution in [0.4, 0.5) is 0 Å². The summed E-state index contributed by atoms with van der Waals surface area (Å²) >= 11 is 19.2. The van der Waals surface area contributed by atoms with Crippen molar-refractivity contribution in [3.05, 3.63) is 105 Å². The molecule has 0 N–H and O–H groups in total. The molecule has 1 unspecified atom stereocenters. The fourth-order valence-corrected chi connectivity index (χ4v) is 4.21. The third kappa shape index (κ3) is 5.31. The van der Waals surface area contributed by atoms with Gasteiger partial charge in [0.2, 0.25) is 0 Å². The first-order chi connectivity index (χ1) is 15.0. The first kappa shape index (κ1) is 21.9. The molecule has 5 nitrogen and oxygen atoms in total. The van der Waals surface area contributed by atoms with E-state index in [1.54, 1.807) is 23.3 Å². The van der Waals surface area contributed by atoms with E-state index in [9.17, 15) is 0 Å². The molecule has 4 aromatic rings. The highest BCUT2D eigenvalue weighted by Gasteiger charge is 2.20. The fourth-order valence-electron chi connectivity index (χ4n) is 3.39. The van der Waals surface area contributed by atoms with E-state index in [0.29, 0.717) is 34.9 Å². The Balaban J connectivity index is 1.55. The van der Waals surface area contributed by atoms with Gasteiger partial charge in [-0.25, -0.2) is 9.67 Å². The van der Waals surface area contributed by atoms with E-state index in [4.69, 9.17) is 39.5 Å². The minimum absolute atomic E-state index is 0.303. The van der Waals surface area contributed by atoms with Crippen molar-refractivity contribution >= 4 is 34.8 Å². The Kier molecular flexibility index (Phi) is 6.98. The average molecular weight is 476 g/mol. The van der Waals surface area contributed by atoms with Crippen LogP contribution in [0.25, 0.3) is 0 Å². The van der Waals surface area contributed by atoms with Crippen LogP contribution >= 0.6 is 34.8 Å². The standard InChI is InChI=1S/C23H21Cl3N4O/c1-16-20(23(26)30(28-16)12-17-5-3-2-4-6-17)14-31-22(13-29-10-9-27-15-29)19-8-7-18(24)11-21(19)25/h2-11,15,22H,12-14H2,1H3. The molecule has 2 aromatic heterocycles. The molecule has 0 radical (unpaired) electrons. The molecule has 0 saturated carbocycles. The van der Waals surface area contributed by atoms with Crippen LogP contribution in [0.15, 0.2) is 67.3 Å². The molecule has 31 heavy (non-hydrogen) atoms. The summed E-state index contributed by atoms with van der Waals surface area (Å²) in [6.07, 6.45) is 5.05. The molecule has 0 aliphatic carbocycles. The van der Waals surface area contributed by atoms with Crippen LogP contribution < -0.4 is 0 Å². The third-order valence-electron chi connectivity index (χ3n) is 5.03. The van der Waals surface area contributed by atoms with Crippen molar-refractivity contribution in [2.75, 3.05) is 0 Å². The highest BCUT2D eigenvalue weighted by Crippen LogP contribution is 2.31. The molecule has 2 heterocycles. The van der Waals surface area contributed by atoms with Crippen molar-refractivity contribution in [2.45, 2.75) is 32.7 Å². The minimum Gasteiger partial charge on any atom is -0.367 e. The number of aromatic nitrogens is 4. The smallest absolute Gasteiger partial charge is 0.133 e. The lowest BCUT2D eigenvalue weighted by Gasteiger charge is -2.20. The monoisotopic (exact) mass is 474 g/mol. The fraction of sp³-hybridized carbons (Fsp3) is 0.217. The van der Waals surface area contributed by atoms with Gasteiger partial charge in [0.05, 0.1) is 31.7 Å². The number of nitrogens with zero attached hydrogens (tertiary/aromatic N) is 4. The quantitative estimate of drug-likeness (QED) is 0.298. The first-order valence-corrected chi connectivity index (χ1v) is 10.9. The van der Waals surface area contributed by atoms with Crippen LogP contribution in [0, 0.1) is 6.92 Å². The summed E-state index contributed by atoms with van der Waals surface area (Å²) < 4.78 is 10.1. The Bertz CT molecular complexity index is 1140. The number of imidazole rings is 1. The van der Waals surface area contributed by atoms with Crippen molar-refractivity contribution in [1.82, 2.24) is 19.3 Å². The molecule has 0 aliphatic heterocycles. The number of hydrogen-bond donors (Lipinski definition) is 0. The van der Waals surface area contributed by atoms with Gasteiger partial charge in [-0.1, -0.05) is 71.2 Å². The summed E-state index contributed by atoms with van der Waals surface area (Å²) in [6, 6.07) is 15.5. The maximum atomic E-state index is 6.67. The molecule has 0 bridgehead atoms. The van der Waals surface area contributed by atoms with Gasteiger partial charge in [0, 0.05) is 33.6 Å². The minimum atomic E-state index is -0.313. The molecule has 0 fully saturated rings. The van der Waals surface area contributed by atoms with Gasteiger partial charge in [-0.3, -0.25) is 0 Å². The Labute approximate surface area is 196 Å². The van der Waals surface area contributed by atoms with Gasteiger partial charge in [0.1, 0.15) is 11.3 Å². The number of benzene rings is 2. The molecule has 0 saturated heterocycles. The molecule has 0 amide bonds. The predicted octanol–water partition coefficient (Wildman–Crippen LogP) is 6.35. The molecule has 1 atom stereocenters. The average Bonchev–Trinajstić information content (AvgIpc) is 3.35. The van der Waals surface area contributed by atoms with E-state index in [1.165, 1.54) is 0 Å². The maximum Gasteiger partial charge on any atom is 0.133 e. The molecule has 2 aromatic carbocycles. The van der Waals surface area contributed by atoms with Crippen LogP contribution in [0.1, 0.15) is 28.5 Å². The Hall–Kier alpha value is -2.31. The van der Waals surface area contributed by atoms with Crippen LogP contribution in [0.3, 0.4) is 0 Å². The predicted molar refractivity (Wildman–Crippen MR) is 124 cm³/mol. The molecule has 4 rings (SSSR count). The maximum absolute atomic E-state index is 6.67. The van der Waals surface area contributed by atoms with Gasteiger partial charge >= 0.3 is 0 Å². The second-order valence-corrected chi connectivity index (χ2v) is 8.42. The van der Waals surface area contributed by atoms with Gasteiger partial charge in [0.15, 0.2) is 0 Å². The van der Waals surface area contributed by atoms with Crippen LogP contribution in [0.5, 0.6) is 0 Å². The number of hydrogen-bond acceptors (Lipinski definition) is 3. The van der Waals surface area contributed by atoms with Gasteiger partial charge in [-0.15, -0.1) is 0 Å². The summed E-state index contributed by atoms with van der Waals surface area (Å²) in [6.45, 7) is 3.39. The Morgan fingerprint density at radius 3 is 2.58 bits per heavy atom. The zero-order chi connectivity index (χ0) is 21.8. The molecule has 160 valence electrons.